The molecule has 132 valence electrons. The molecule has 0 aliphatic rings. The Kier molecular flexibility index (Phi) is 6.61. The summed E-state index contributed by atoms with van der Waals surface area (Å²) < 4.78 is 24.5. The second-order valence-electron chi connectivity index (χ2n) is 6.39. The van der Waals surface area contributed by atoms with Gasteiger partial charge < -0.3 is 10.6 Å². The van der Waals surface area contributed by atoms with Crippen LogP contribution >= 0.6 is 0 Å². The van der Waals surface area contributed by atoms with Crippen molar-refractivity contribution in [1.82, 2.24) is 20.4 Å². The van der Waals surface area contributed by atoms with E-state index in [9.17, 15) is 8.42 Å². The van der Waals surface area contributed by atoms with E-state index in [-0.39, 0.29) is 0 Å². The van der Waals surface area contributed by atoms with E-state index in [1.165, 1.54) is 6.26 Å². The quantitative estimate of drug-likeness (QED) is 0.436. The zero-order valence-electron chi connectivity index (χ0n) is 15.0. The van der Waals surface area contributed by atoms with Crippen molar-refractivity contribution >= 4 is 15.8 Å². The molecule has 0 fully saturated rings. The molecule has 1 aromatic heterocycles. The van der Waals surface area contributed by atoms with Crippen LogP contribution in [0.4, 0.5) is 0 Å². The summed E-state index contributed by atoms with van der Waals surface area (Å²) in [5, 5.41) is 10.7. The van der Waals surface area contributed by atoms with Gasteiger partial charge in [-0.05, 0) is 40.2 Å². The van der Waals surface area contributed by atoms with Crippen molar-refractivity contribution in [2.24, 2.45) is 4.99 Å². The molecular formula is C15H29N5O2S. The summed E-state index contributed by atoms with van der Waals surface area (Å²) >= 11 is 0. The van der Waals surface area contributed by atoms with Crippen molar-refractivity contribution in [3.63, 3.8) is 0 Å². The molecule has 1 heterocycles. The first-order valence-electron chi connectivity index (χ1n) is 7.72. The van der Waals surface area contributed by atoms with E-state index in [0.717, 1.165) is 30.9 Å². The Balaban J connectivity index is 2.39. The molecule has 0 bridgehead atoms. The molecule has 23 heavy (non-hydrogen) atoms. The van der Waals surface area contributed by atoms with Crippen LogP contribution in [0, 0.1) is 13.8 Å². The summed E-state index contributed by atoms with van der Waals surface area (Å²) in [6, 6.07) is 2.06. The highest BCUT2D eigenvalue weighted by atomic mass is 32.2. The van der Waals surface area contributed by atoms with Crippen LogP contribution < -0.4 is 10.6 Å². The van der Waals surface area contributed by atoms with E-state index < -0.39 is 14.6 Å². The Morgan fingerprint density at radius 2 is 2.00 bits per heavy atom. The van der Waals surface area contributed by atoms with Crippen molar-refractivity contribution in [2.75, 3.05) is 26.4 Å². The van der Waals surface area contributed by atoms with Gasteiger partial charge in [0.25, 0.3) is 0 Å². The Labute approximate surface area is 139 Å². The molecule has 0 saturated carbocycles. The number of nitrogens with one attached hydrogen (secondary N) is 2. The molecule has 2 N–H and O–H groups in total. The molecule has 0 amide bonds. The van der Waals surface area contributed by atoms with Crippen molar-refractivity contribution in [3.8, 4) is 0 Å². The van der Waals surface area contributed by atoms with Crippen molar-refractivity contribution in [2.45, 2.75) is 45.4 Å². The molecule has 0 spiro atoms. The number of aryl methyl sites for hydroxylation is 3. The lowest BCUT2D eigenvalue weighted by Gasteiger charge is -2.24. The number of hydrogen-bond donors (Lipinski definition) is 2. The summed E-state index contributed by atoms with van der Waals surface area (Å²) in [6.45, 7) is 9.30. The third kappa shape index (κ3) is 5.85. The fourth-order valence-corrected chi connectivity index (χ4v) is 2.32. The zero-order valence-corrected chi connectivity index (χ0v) is 15.8. The normalized spacial score (nSPS) is 13.2. The molecule has 8 heteroatoms. The van der Waals surface area contributed by atoms with E-state index >= 15 is 0 Å². The Hall–Kier alpha value is -1.57. The number of aromatic nitrogens is 2. The van der Waals surface area contributed by atoms with Crippen molar-refractivity contribution < 1.29 is 8.42 Å². The molecule has 0 saturated heterocycles. The van der Waals surface area contributed by atoms with E-state index in [1.807, 2.05) is 18.5 Å². The third-order valence-electron chi connectivity index (χ3n) is 3.85. The van der Waals surface area contributed by atoms with Gasteiger partial charge in [-0.2, -0.15) is 5.10 Å². The smallest absolute Gasteiger partial charge is 0.191 e. The summed E-state index contributed by atoms with van der Waals surface area (Å²) in [4.78, 5) is 4.12. The molecule has 1 aromatic rings. The monoisotopic (exact) mass is 343 g/mol. The zero-order chi connectivity index (χ0) is 17.7. The van der Waals surface area contributed by atoms with E-state index in [4.69, 9.17) is 0 Å². The van der Waals surface area contributed by atoms with E-state index in [0.29, 0.717) is 12.5 Å². The minimum atomic E-state index is -3.13. The second-order valence-corrected chi connectivity index (χ2v) is 9.04. The molecule has 0 unspecified atom stereocenters. The first kappa shape index (κ1) is 19.5. The van der Waals surface area contributed by atoms with Crippen LogP contribution in [0.1, 0.15) is 31.7 Å². The predicted octanol–water partition coefficient (Wildman–Crippen LogP) is 0.878. The highest BCUT2D eigenvalue weighted by Gasteiger charge is 2.30. The number of rotatable bonds is 7. The van der Waals surface area contributed by atoms with Crippen LogP contribution in [0.3, 0.4) is 0 Å². The van der Waals surface area contributed by atoms with Gasteiger partial charge in [0.1, 0.15) is 0 Å². The topological polar surface area (TPSA) is 88.4 Å². The molecule has 0 atom stereocenters. The lowest BCUT2D eigenvalue weighted by molar-refractivity contribution is 0.539. The van der Waals surface area contributed by atoms with Crippen molar-refractivity contribution in [3.05, 3.63) is 17.5 Å². The fraction of sp³-hybridized carbons (Fsp3) is 0.733. The lowest BCUT2D eigenvalue weighted by Crippen LogP contribution is -2.47. The minimum Gasteiger partial charge on any atom is -0.356 e. The highest BCUT2D eigenvalue weighted by Crippen LogP contribution is 2.13. The van der Waals surface area contributed by atoms with E-state index in [2.05, 4.69) is 26.8 Å². The van der Waals surface area contributed by atoms with Crippen LogP contribution in [0.5, 0.6) is 0 Å². The first-order valence-corrected chi connectivity index (χ1v) is 9.61. The number of aliphatic imine (C=N–C) groups is 1. The molecule has 1 rings (SSSR count). The maximum Gasteiger partial charge on any atom is 0.191 e. The highest BCUT2D eigenvalue weighted by molar-refractivity contribution is 7.92. The van der Waals surface area contributed by atoms with Crippen LogP contribution in [0.15, 0.2) is 11.1 Å². The lowest BCUT2D eigenvalue weighted by atomic mass is 10.2. The predicted molar refractivity (Wildman–Crippen MR) is 94.6 cm³/mol. The summed E-state index contributed by atoms with van der Waals surface area (Å²) in [6.07, 6.45) is 2.15. The number of sulfone groups is 1. The number of guanidine groups is 1. The second kappa shape index (κ2) is 7.81. The van der Waals surface area contributed by atoms with Crippen LogP contribution in [0.25, 0.3) is 0 Å². The van der Waals surface area contributed by atoms with Gasteiger partial charge in [-0.25, -0.2) is 8.42 Å². The van der Waals surface area contributed by atoms with Crippen LogP contribution in [-0.4, -0.2) is 55.3 Å². The van der Waals surface area contributed by atoms with Gasteiger partial charge in [-0.3, -0.25) is 9.67 Å². The third-order valence-corrected chi connectivity index (χ3v) is 6.00. The molecular weight excluding hydrogens is 314 g/mol. The Bertz CT molecular complexity index is 647. The van der Waals surface area contributed by atoms with Gasteiger partial charge in [-0.15, -0.1) is 0 Å². The molecule has 0 radical (unpaired) electrons. The maximum absolute atomic E-state index is 11.7. The first-order chi connectivity index (χ1) is 10.6. The fourth-order valence-electron chi connectivity index (χ4n) is 1.99. The average Bonchev–Trinajstić information content (AvgIpc) is 2.75. The Morgan fingerprint density at radius 3 is 2.48 bits per heavy atom. The average molecular weight is 343 g/mol. The van der Waals surface area contributed by atoms with Crippen LogP contribution in [0.2, 0.25) is 0 Å². The maximum atomic E-state index is 11.7. The van der Waals surface area contributed by atoms with Gasteiger partial charge in [0, 0.05) is 38.6 Å². The van der Waals surface area contributed by atoms with Gasteiger partial charge in [0.2, 0.25) is 0 Å². The number of hydrogen-bond acceptors (Lipinski definition) is 4. The SMILES string of the molecule is CN=C(NCCCn1nc(C)cc1C)NCC(C)(C)S(C)(=O)=O. The van der Waals surface area contributed by atoms with Gasteiger partial charge >= 0.3 is 0 Å². The van der Waals surface area contributed by atoms with Crippen molar-refractivity contribution in [1.29, 1.82) is 0 Å². The van der Waals surface area contributed by atoms with Gasteiger partial charge in [0.05, 0.1) is 10.4 Å². The summed E-state index contributed by atoms with van der Waals surface area (Å²) in [7, 11) is -1.46. The summed E-state index contributed by atoms with van der Waals surface area (Å²) in [5.41, 5.74) is 2.18. The standard InChI is InChI=1S/C15H29N5O2S/c1-12-10-13(2)20(19-12)9-7-8-17-14(16-5)18-11-15(3,4)23(6,21)22/h10H,7-9,11H2,1-6H3,(H2,16,17,18). The van der Waals surface area contributed by atoms with Gasteiger partial charge in [-0.1, -0.05) is 0 Å². The van der Waals surface area contributed by atoms with Gasteiger partial charge in [0.15, 0.2) is 15.8 Å². The molecule has 0 aromatic carbocycles. The molecule has 7 nitrogen and oxygen atoms in total. The molecule has 0 aliphatic heterocycles. The van der Waals surface area contributed by atoms with Crippen LogP contribution in [-0.2, 0) is 16.4 Å². The minimum absolute atomic E-state index is 0.308. The summed E-state index contributed by atoms with van der Waals surface area (Å²) in [5.74, 6) is 0.607. The largest absolute Gasteiger partial charge is 0.356 e. The van der Waals surface area contributed by atoms with E-state index in [1.54, 1.807) is 20.9 Å². The Morgan fingerprint density at radius 1 is 1.35 bits per heavy atom. The number of nitrogens with zero attached hydrogens (tertiary/aromatic N) is 3. The molecule has 0 aliphatic carbocycles.